The second kappa shape index (κ2) is 7.93. The maximum absolute atomic E-state index is 12.3. The molecule has 0 bridgehead atoms. The Hall–Kier alpha value is -1.69. The molecule has 1 N–H and O–H groups in total. The number of aromatic nitrogens is 2. The predicted molar refractivity (Wildman–Crippen MR) is 81.3 cm³/mol. The summed E-state index contributed by atoms with van der Waals surface area (Å²) in [5.74, 6) is 1.16. The highest BCUT2D eigenvalue weighted by Crippen LogP contribution is 2.16. The molecule has 21 heavy (non-hydrogen) atoms. The van der Waals surface area contributed by atoms with E-state index in [-0.39, 0.29) is 5.91 Å². The molecule has 1 aliphatic rings. The quantitative estimate of drug-likeness (QED) is 0.866. The molecule has 1 aliphatic heterocycles. The number of amides is 1. The largest absolute Gasteiger partial charge is 0.381 e. The van der Waals surface area contributed by atoms with Crippen LogP contribution in [-0.2, 0) is 4.74 Å². The average Bonchev–Trinajstić information content (AvgIpc) is 2.53. The topological polar surface area (TPSA) is 67.4 Å². The molecule has 1 fully saturated rings. The Morgan fingerprint density at radius 1 is 1.38 bits per heavy atom. The zero-order chi connectivity index (χ0) is 15.1. The second-order valence-electron chi connectivity index (χ2n) is 5.47. The van der Waals surface area contributed by atoms with Crippen LogP contribution in [-0.4, -0.2) is 54.4 Å². The van der Waals surface area contributed by atoms with Gasteiger partial charge in [0, 0.05) is 33.4 Å². The first kappa shape index (κ1) is 15.7. The third-order valence-corrected chi connectivity index (χ3v) is 3.66. The number of carbonyl (C=O) groups is 1. The number of carbonyl (C=O) groups excluding carboxylic acids is 1. The van der Waals surface area contributed by atoms with Gasteiger partial charge in [0.15, 0.2) is 5.69 Å². The van der Waals surface area contributed by atoms with Gasteiger partial charge in [-0.25, -0.2) is 0 Å². The highest BCUT2D eigenvalue weighted by molar-refractivity contribution is 5.92. The van der Waals surface area contributed by atoms with Gasteiger partial charge in [0.1, 0.15) is 5.82 Å². The number of anilines is 1. The fraction of sp³-hybridized carbons (Fsp3) is 0.667. The van der Waals surface area contributed by atoms with E-state index in [1.54, 1.807) is 17.0 Å². The van der Waals surface area contributed by atoms with Crippen molar-refractivity contribution in [3.05, 3.63) is 17.8 Å². The lowest BCUT2D eigenvalue weighted by Crippen LogP contribution is -2.34. The van der Waals surface area contributed by atoms with Crippen molar-refractivity contribution in [2.75, 3.05) is 38.7 Å². The van der Waals surface area contributed by atoms with Crippen molar-refractivity contribution in [1.29, 1.82) is 0 Å². The summed E-state index contributed by atoms with van der Waals surface area (Å²) in [6.45, 7) is 5.28. The maximum Gasteiger partial charge on any atom is 0.274 e. The Kier molecular flexibility index (Phi) is 5.92. The molecule has 2 heterocycles. The molecule has 0 radical (unpaired) electrons. The third kappa shape index (κ3) is 4.67. The Bertz CT molecular complexity index is 443. The van der Waals surface area contributed by atoms with Crippen LogP contribution in [0.2, 0.25) is 0 Å². The highest BCUT2D eigenvalue weighted by atomic mass is 16.5. The van der Waals surface area contributed by atoms with Crippen LogP contribution in [0.3, 0.4) is 0 Å². The molecular formula is C15H24N4O2. The highest BCUT2D eigenvalue weighted by Gasteiger charge is 2.20. The summed E-state index contributed by atoms with van der Waals surface area (Å²) in [4.78, 5) is 14.1. The van der Waals surface area contributed by atoms with E-state index >= 15 is 0 Å². The van der Waals surface area contributed by atoms with Crippen LogP contribution in [0.1, 0.15) is 36.7 Å². The first-order valence-corrected chi connectivity index (χ1v) is 7.61. The summed E-state index contributed by atoms with van der Waals surface area (Å²) in [5.41, 5.74) is 0.395. The Balaban J connectivity index is 1.88. The molecule has 0 aromatic carbocycles. The molecule has 6 nitrogen and oxygen atoms in total. The number of nitrogens with zero attached hydrogens (tertiary/aromatic N) is 3. The van der Waals surface area contributed by atoms with E-state index in [0.717, 1.165) is 45.6 Å². The monoisotopic (exact) mass is 292 g/mol. The molecule has 1 amide bonds. The van der Waals surface area contributed by atoms with Gasteiger partial charge in [0.2, 0.25) is 0 Å². The average molecular weight is 292 g/mol. The molecule has 2 rings (SSSR count). The van der Waals surface area contributed by atoms with Crippen molar-refractivity contribution in [2.45, 2.75) is 26.2 Å². The van der Waals surface area contributed by atoms with Crippen LogP contribution in [0.25, 0.3) is 0 Å². The van der Waals surface area contributed by atoms with Crippen molar-refractivity contribution < 1.29 is 9.53 Å². The smallest absolute Gasteiger partial charge is 0.274 e. The predicted octanol–water partition coefficient (Wildman–Crippen LogP) is 1.80. The van der Waals surface area contributed by atoms with Crippen molar-refractivity contribution in [2.24, 2.45) is 5.92 Å². The molecule has 0 saturated carbocycles. The molecule has 0 aliphatic carbocycles. The molecule has 0 atom stereocenters. The van der Waals surface area contributed by atoms with Gasteiger partial charge in [-0.15, -0.1) is 10.2 Å². The van der Waals surface area contributed by atoms with Crippen molar-refractivity contribution in [1.82, 2.24) is 15.1 Å². The van der Waals surface area contributed by atoms with E-state index in [1.165, 1.54) is 0 Å². The van der Waals surface area contributed by atoms with Gasteiger partial charge in [0.05, 0.1) is 0 Å². The fourth-order valence-electron chi connectivity index (χ4n) is 2.39. The molecular weight excluding hydrogens is 268 g/mol. The summed E-state index contributed by atoms with van der Waals surface area (Å²) >= 11 is 0. The van der Waals surface area contributed by atoms with Gasteiger partial charge in [-0.1, -0.05) is 6.92 Å². The van der Waals surface area contributed by atoms with E-state index in [2.05, 4.69) is 22.4 Å². The van der Waals surface area contributed by atoms with Crippen molar-refractivity contribution in [3.8, 4) is 0 Å². The summed E-state index contributed by atoms with van der Waals surface area (Å²) in [6.07, 6.45) is 3.06. The van der Waals surface area contributed by atoms with Gasteiger partial charge in [-0.3, -0.25) is 4.79 Å². The number of nitrogens with one attached hydrogen (secondary N) is 1. The number of hydrogen-bond donors (Lipinski definition) is 1. The van der Waals surface area contributed by atoms with Crippen LogP contribution in [0.15, 0.2) is 12.1 Å². The first-order valence-electron chi connectivity index (χ1n) is 7.61. The van der Waals surface area contributed by atoms with E-state index in [9.17, 15) is 4.79 Å². The van der Waals surface area contributed by atoms with E-state index in [1.807, 2.05) is 7.05 Å². The van der Waals surface area contributed by atoms with Crippen LogP contribution < -0.4 is 5.32 Å². The van der Waals surface area contributed by atoms with Gasteiger partial charge in [-0.05, 0) is 37.3 Å². The van der Waals surface area contributed by atoms with Crippen molar-refractivity contribution in [3.63, 3.8) is 0 Å². The Labute approximate surface area is 125 Å². The minimum atomic E-state index is -0.0731. The minimum Gasteiger partial charge on any atom is -0.381 e. The zero-order valence-corrected chi connectivity index (χ0v) is 12.8. The summed E-state index contributed by atoms with van der Waals surface area (Å²) in [7, 11) is 1.82. The molecule has 0 unspecified atom stereocenters. The van der Waals surface area contributed by atoms with Crippen LogP contribution >= 0.6 is 0 Å². The summed E-state index contributed by atoms with van der Waals surface area (Å²) in [5, 5.41) is 11.2. The SMILES string of the molecule is CCCNc1ccc(C(=O)N(C)CC2CCOCC2)nn1. The summed E-state index contributed by atoms with van der Waals surface area (Å²) < 4.78 is 5.34. The Morgan fingerprint density at radius 3 is 2.76 bits per heavy atom. The number of hydrogen-bond acceptors (Lipinski definition) is 5. The lowest BCUT2D eigenvalue weighted by Gasteiger charge is -2.26. The minimum absolute atomic E-state index is 0.0731. The van der Waals surface area contributed by atoms with Gasteiger partial charge < -0.3 is 15.0 Å². The van der Waals surface area contributed by atoms with Crippen LogP contribution in [0, 0.1) is 5.92 Å². The van der Waals surface area contributed by atoms with E-state index in [0.29, 0.717) is 17.4 Å². The lowest BCUT2D eigenvalue weighted by atomic mass is 10.00. The van der Waals surface area contributed by atoms with Gasteiger partial charge in [0.25, 0.3) is 5.91 Å². The fourth-order valence-corrected chi connectivity index (χ4v) is 2.39. The summed E-state index contributed by atoms with van der Waals surface area (Å²) in [6, 6.07) is 3.53. The van der Waals surface area contributed by atoms with E-state index < -0.39 is 0 Å². The Morgan fingerprint density at radius 2 is 2.14 bits per heavy atom. The molecule has 0 spiro atoms. The van der Waals surface area contributed by atoms with Crippen LogP contribution in [0.5, 0.6) is 0 Å². The third-order valence-electron chi connectivity index (χ3n) is 3.66. The van der Waals surface area contributed by atoms with Gasteiger partial charge >= 0.3 is 0 Å². The van der Waals surface area contributed by atoms with E-state index in [4.69, 9.17) is 4.74 Å². The zero-order valence-electron chi connectivity index (χ0n) is 12.8. The van der Waals surface area contributed by atoms with Crippen molar-refractivity contribution >= 4 is 11.7 Å². The number of ether oxygens (including phenoxy) is 1. The molecule has 6 heteroatoms. The standard InChI is InChI=1S/C15H24N4O2/c1-3-8-16-14-5-4-13(17-18-14)15(20)19(2)11-12-6-9-21-10-7-12/h4-5,12H,3,6-11H2,1-2H3,(H,16,18). The van der Waals surface area contributed by atoms with Gasteiger partial charge in [-0.2, -0.15) is 0 Å². The molecule has 116 valence electrons. The second-order valence-corrected chi connectivity index (χ2v) is 5.47. The number of rotatable bonds is 6. The molecule has 1 aromatic rings. The normalized spacial score (nSPS) is 15.7. The lowest BCUT2D eigenvalue weighted by molar-refractivity contribution is 0.0494. The first-order chi connectivity index (χ1) is 10.2. The molecule has 1 aromatic heterocycles. The molecule has 1 saturated heterocycles. The maximum atomic E-state index is 12.3. The van der Waals surface area contributed by atoms with Crippen LogP contribution in [0.4, 0.5) is 5.82 Å².